The highest BCUT2D eigenvalue weighted by molar-refractivity contribution is 8.18. The maximum absolute atomic E-state index is 12.4. The van der Waals surface area contributed by atoms with Crippen LogP contribution in [0.5, 0.6) is 0 Å². The minimum atomic E-state index is -0.101. The van der Waals surface area contributed by atoms with Gasteiger partial charge in [-0.3, -0.25) is 4.79 Å². The van der Waals surface area contributed by atoms with Gasteiger partial charge >= 0.3 is 0 Å². The molecule has 1 fully saturated rings. The highest BCUT2D eigenvalue weighted by Crippen LogP contribution is 2.30. The third-order valence-electron chi connectivity index (χ3n) is 4.85. The number of amidine groups is 1. The van der Waals surface area contributed by atoms with Gasteiger partial charge in [-0.2, -0.15) is 0 Å². The lowest BCUT2D eigenvalue weighted by Crippen LogP contribution is -2.19. The number of hydrogen-bond donors (Lipinski definition) is 1. The summed E-state index contributed by atoms with van der Waals surface area (Å²) in [5.41, 5.74) is 4.37. The van der Waals surface area contributed by atoms with E-state index in [0.29, 0.717) is 10.1 Å². The molecule has 28 heavy (non-hydrogen) atoms. The molecule has 3 aromatic rings. The first kappa shape index (κ1) is 18.6. The molecule has 0 aliphatic carbocycles. The predicted octanol–water partition coefficient (Wildman–Crippen LogP) is 5.41. The Labute approximate surface area is 169 Å². The summed E-state index contributed by atoms with van der Waals surface area (Å²) < 4.78 is 2.08. The van der Waals surface area contributed by atoms with Crippen LogP contribution in [-0.4, -0.2) is 15.6 Å². The van der Waals surface area contributed by atoms with Crippen LogP contribution in [0.4, 0.5) is 5.69 Å². The van der Waals surface area contributed by atoms with Crippen LogP contribution in [0, 0.1) is 0 Å². The van der Waals surface area contributed by atoms with Gasteiger partial charge in [0.15, 0.2) is 5.17 Å². The van der Waals surface area contributed by atoms with Gasteiger partial charge in [0.25, 0.3) is 5.91 Å². The lowest BCUT2D eigenvalue weighted by Gasteiger charge is -2.01. The predicted molar refractivity (Wildman–Crippen MR) is 119 cm³/mol. The van der Waals surface area contributed by atoms with E-state index in [1.165, 1.54) is 30.2 Å². The Balaban J connectivity index is 1.55. The number of thioether (sulfide) groups is 1. The second-order valence-electron chi connectivity index (χ2n) is 6.96. The molecule has 0 unspecified atom stereocenters. The Hall–Kier alpha value is -2.79. The smallest absolute Gasteiger partial charge is 0.264 e. The summed E-state index contributed by atoms with van der Waals surface area (Å²) >= 11 is 1.39. The largest absolute Gasteiger partial charge is 0.350 e. The number of aromatic nitrogens is 1. The Bertz CT molecular complexity index is 1080. The molecule has 5 heteroatoms. The van der Waals surface area contributed by atoms with Gasteiger partial charge in [0.2, 0.25) is 0 Å². The molecular weight excluding hydrogens is 366 g/mol. The van der Waals surface area contributed by atoms with Crippen LogP contribution in [0.15, 0.2) is 64.6 Å². The van der Waals surface area contributed by atoms with Crippen LogP contribution in [0.25, 0.3) is 17.0 Å². The Morgan fingerprint density at radius 2 is 1.93 bits per heavy atom. The fourth-order valence-electron chi connectivity index (χ4n) is 3.35. The monoisotopic (exact) mass is 389 g/mol. The minimum Gasteiger partial charge on any atom is -0.350 e. The summed E-state index contributed by atoms with van der Waals surface area (Å²) in [5.74, 6) is -0.101. The third-order valence-corrected chi connectivity index (χ3v) is 5.76. The number of aryl methyl sites for hydroxylation is 2. The maximum Gasteiger partial charge on any atom is 0.264 e. The van der Waals surface area contributed by atoms with E-state index in [4.69, 9.17) is 0 Å². The van der Waals surface area contributed by atoms with Gasteiger partial charge < -0.3 is 9.88 Å². The molecule has 1 aliphatic rings. The molecule has 4 rings (SSSR count). The van der Waals surface area contributed by atoms with Crippen molar-refractivity contribution >= 4 is 45.5 Å². The normalized spacial score (nSPS) is 17.0. The molecule has 142 valence electrons. The second kappa shape index (κ2) is 8.07. The van der Waals surface area contributed by atoms with E-state index >= 15 is 0 Å². The van der Waals surface area contributed by atoms with Crippen molar-refractivity contribution in [3.63, 3.8) is 0 Å². The SMILES string of the molecule is CCCCc1ccc(N=C2NC(=O)C(=Cc3cn(C)c4ccccc34)S2)cc1. The van der Waals surface area contributed by atoms with Crippen LogP contribution < -0.4 is 5.32 Å². The number of para-hydroxylation sites is 1. The summed E-state index contributed by atoms with van der Waals surface area (Å²) in [6.07, 6.45) is 7.48. The molecule has 1 aromatic heterocycles. The van der Waals surface area contributed by atoms with E-state index in [9.17, 15) is 4.79 Å². The first-order valence-electron chi connectivity index (χ1n) is 9.56. The maximum atomic E-state index is 12.4. The van der Waals surface area contributed by atoms with Gasteiger partial charge in [-0.15, -0.1) is 0 Å². The number of unbranched alkanes of at least 4 members (excludes halogenated alkanes) is 1. The van der Waals surface area contributed by atoms with Crippen molar-refractivity contribution in [2.24, 2.45) is 12.0 Å². The second-order valence-corrected chi connectivity index (χ2v) is 7.99. The highest BCUT2D eigenvalue weighted by Gasteiger charge is 2.24. The van der Waals surface area contributed by atoms with E-state index in [-0.39, 0.29) is 5.91 Å². The zero-order chi connectivity index (χ0) is 19.5. The molecule has 0 bridgehead atoms. The van der Waals surface area contributed by atoms with Gasteiger partial charge in [0, 0.05) is 29.7 Å². The lowest BCUT2D eigenvalue weighted by atomic mass is 10.1. The molecule has 2 heterocycles. The minimum absolute atomic E-state index is 0.101. The molecule has 1 amide bonds. The Kier molecular flexibility index (Phi) is 5.35. The number of aliphatic imine (C=N–C) groups is 1. The van der Waals surface area contributed by atoms with Crippen molar-refractivity contribution in [3.05, 3.63) is 70.8 Å². The standard InChI is InChI=1S/C23H23N3OS/c1-3-4-7-16-10-12-18(13-11-16)24-23-25-22(27)21(28-23)14-17-15-26(2)20-9-6-5-8-19(17)20/h5-6,8-15H,3-4,7H2,1-2H3,(H,24,25,27). The molecule has 1 aliphatic heterocycles. The number of rotatable bonds is 5. The van der Waals surface area contributed by atoms with Crippen LogP contribution >= 0.6 is 11.8 Å². The summed E-state index contributed by atoms with van der Waals surface area (Å²) in [5, 5.41) is 4.64. The van der Waals surface area contributed by atoms with Crippen molar-refractivity contribution in [1.82, 2.24) is 9.88 Å². The molecule has 0 atom stereocenters. The zero-order valence-corrected chi connectivity index (χ0v) is 16.9. The molecule has 4 nitrogen and oxygen atoms in total. The number of amides is 1. The fourth-order valence-corrected chi connectivity index (χ4v) is 4.18. The average Bonchev–Trinajstić information content (AvgIpc) is 3.21. The number of hydrogen-bond acceptors (Lipinski definition) is 3. The van der Waals surface area contributed by atoms with Gasteiger partial charge in [-0.1, -0.05) is 43.7 Å². The van der Waals surface area contributed by atoms with Crippen LogP contribution in [-0.2, 0) is 18.3 Å². The van der Waals surface area contributed by atoms with Crippen molar-refractivity contribution < 1.29 is 4.79 Å². The van der Waals surface area contributed by atoms with Gasteiger partial charge in [-0.25, -0.2) is 4.99 Å². The fraction of sp³-hybridized carbons (Fsp3) is 0.217. The number of benzene rings is 2. The zero-order valence-electron chi connectivity index (χ0n) is 16.1. The van der Waals surface area contributed by atoms with E-state index in [2.05, 4.69) is 52.3 Å². The van der Waals surface area contributed by atoms with E-state index in [1.807, 2.05) is 37.4 Å². The number of carbonyl (C=O) groups is 1. The number of fused-ring (bicyclic) bond motifs is 1. The summed E-state index contributed by atoms with van der Waals surface area (Å²) in [7, 11) is 2.02. The first-order chi connectivity index (χ1) is 13.6. The molecule has 1 N–H and O–H groups in total. The van der Waals surface area contributed by atoms with Gasteiger partial charge in [-0.05, 0) is 54.4 Å². The molecular formula is C23H23N3OS. The first-order valence-corrected chi connectivity index (χ1v) is 10.4. The molecule has 1 saturated heterocycles. The summed E-state index contributed by atoms with van der Waals surface area (Å²) in [6, 6.07) is 16.4. The van der Waals surface area contributed by atoms with Crippen LogP contribution in [0.1, 0.15) is 30.9 Å². The van der Waals surface area contributed by atoms with Crippen molar-refractivity contribution in [1.29, 1.82) is 0 Å². The van der Waals surface area contributed by atoms with Crippen molar-refractivity contribution in [3.8, 4) is 0 Å². The number of nitrogens with one attached hydrogen (secondary N) is 1. The molecule has 0 saturated carbocycles. The Morgan fingerprint density at radius 3 is 2.71 bits per heavy atom. The summed E-state index contributed by atoms with van der Waals surface area (Å²) in [4.78, 5) is 17.7. The molecule has 0 spiro atoms. The Morgan fingerprint density at radius 1 is 1.14 bits per heavy atom. The quantitative estimate of drug-likeness (QED) is 0.593. The molecule has 0 radical (unpaired) electrons. The highest BCUT2D eigenvalue weighted by atomic mass is 32.2. The van der Waals surface area contributed by atoms with E-state index < -0.39 is 0 Å². The van der Waals surface area contributed by atoms with Gasteiger partial charge in [0.1, 0.15) is 0 Å². The van der Waals surface area contributed by atoms with E-state index in [1.54, 1.807) is 0 Å². The summed E-state index contributed by atoms with van der Waals surface area (Å²) in [6.45, 7) is 2.20. The topological polar surface area (TPSA) is 46.4 Å². The van der Waals surface area contributed by atoms with Crippen molar-refractivity contribution in [2.75, 3.05) is 0 Å². The van der Waals surface area contributed by atoms with Gasteiger partial charge in [0.05, 0.1) is 10.6 Å². The number of carbonyl (C=O) groups excluding carboxylic acids is 1. The van der Waals surface area contributed by atoms with Crippen LogP contribution in [0.3, 0.4) is 0 Å². The van der Waals surface area contributed by atoms with E-state index in [0.717, 1.165) is 28.6 Å². The van der Waals surface area contributed by atoms with Crippen molar-refractivity contribution in [2.45, 2.75) is 26.2 Å². The average molecular weight is 390 g/mol. The lowest BCUT2D eigenvalue weighted by molar-refractivity contribution is -0.115. The van der Waals surface area contributed by atoms with Crippen LogP contribution in [0.2, 0.25) is 0 Å². The third kappa shape index (κ3) is 3.90. The number of nitrogens with zero attached hydrogens (tertiary/aromatic N) is 2. The molecule has 2 aromatic carbocycles.